The fourth-order valence-electron chi connectivity index (χ4n) is 3.89. The summed E-state index contributed by atoms with van der Waals surface area (Å²) >= 11 is 0. The SMILES string of the molecule is CC(=O)c1cccc(NC(=O)COc2cc3c(c4oc(=O)cc(C)c24)CCC(C)(C)O3)c1. The second-order valence-corrected chi connectivity index (χ2v) is 8.64. The molecule has 1 aliphatic rings. The Bertz CT molecular complexity index is 1290. The maximum atomic E-state index is 12.5. The molecule has 32 heavy (non-hydrogen) atoms. The van der Waals surface area contributed by atoms with Crippen LogP contribution in [-0.2, 0) is 11.2 Å². The van der Waals surface area contributed by atoms with Crippen molar-refractivity contribution < 1.29 is 23.5 Å². The van der Waals surface area contributed by atoms with Gasteiger partial charge in [-0.15, -0.1) is 0 Å². The first kappa shape index (κ1) is 21.6. The van der Waals surface area contributed by atoms with E-state index in [9.17, 15) is 14.4 Å². The molecule has 2 heterocycles. The average Bonchev–Trinajstić information content (AvgIpc) is 2.70. The van der Waals surface area contributed by atoms with Gasteiger partial charge in [0.2, 0.25) is 0 Å². The van der Waals surface area contributed by atoms with E-state index in [1.165, 1.54) is 13.0 Å². The highest BCUT2D eigenvalue weighted by molar-refractivity contribution is 5.97. The maximum absolute atomic E-state index is 12.5. The van der Waals surface area contributed by atoms with Crippen LogP contribution < -0.4 is 20.4 Å². The maximum Gasteiger partial charge on any atom is 0.336 e. The smallest absolute Gasteiger partial charge is 0.336 e. The van der Waals surface area contributed by atoms with E-state index < -0.39 is 5.63 Å². The Labute approximate surface area is 185 Å². The molecule has 4 rings (SSSR count). The van der Waals surface area contributed by atoms with Gasteiger partial charge in [0.1, 0.15) is 22.7 Å². The van der Waals surface area contributed by atoms with E-state index in [0.717, 1.165) is 12.0 Å². The van der Waals surface area contributed by atoms with Crippen LogP contribution in [0.5, 0.6) is 11.5 Å². The fourth-order valence-corrected chi connectivity index (χ4v) is 3.89. The van der Waals surface area contributed by atoms with E-state index in [1.807, 2.05) is 13.8 Å². The van der Waals surface area contributed by atoms with E-state index in [-0.39, 0.29) is 23.9 Å². The zero-order valence-corrected chi connectivity index (χ0v) is 18.5. The zero-order chi connectivity index (χ0) is 23.0. The van der Waals surface area contributed by atoms with Crippen LogP contribution in [0.25, 0.3) is 11.0 Å². The molecule has 0 saturated carbocycles. The quantitative estimate of drug-likeness (QED) is 0.471. The van der Waals surface area contributed by atoms with Crippen LogP contribution in [0.4, 0.5) is 5.69 Å². The van der Waals surface area contributed by atoms with Crippen LogP contribution in [0.2, 0.25) is 0 Å². The van der Waals surface area contributed by atoms with Gasteiger partial charge >= 0.3 is 5.63 Å². The van der Waals surface area contributed by atoms with Crippen LogP contribution in [0.1, 0.15) is 48.7 Å². The van der Waals surface area contributed by atoms with Crippen molar-refractivity contribution in [3.8, 4) is 11.5 Å². The number of rotatable bonds is 5. The number of ketones is 1. The number of amides is 1. The summed E-state index contributed by atoms with van der Waals surface area (Å²) in [5.74, 6) is 0.531. The topological polar surface area (TPSA) is 94.8 Å². The van der Waals surface area contributed by atoms with Crippen molar-refractivity contribution >= 4 is 28.3 Å². The summed E-state index contributed by atoms with van der Waals surface area (Å²) in [5.41, 5.74) is 2.19. The van der Waals surface area contributed by atoms with Gasteiger partial charge in [-0.3, -0.25) is 9.59 Å². The number of fused-ring (bicyclic) bond motifs is 3. The van der Waals surface area contributed by atoms with Gasteiger partial charge in [-0.2, -0.15) is 0 Å². The first-order chi connectivity index (χ1) is 15.1. The molecule has 0 radical (unpaired) electrons. The molecule has 2 aromatic carbocycles. The van der Waals surface area contributed by atoms with E-state index in [4.69, 9.17) is 13.9 Å². The predicted octanol–water partition coefficient (Wildman–Crippen LogP) is 4.43. The molecule has 166 valence electrons. The van der Waals surface area contributed by atoms with Gasteiger partial charge in [0, 0.05) is 28.9 Å². The van der Waals surface area contributed by atoms with Gasteiger partial charge in [0.05, 0.1) is 5.39 Å². The Morgan fingerprint density at radius 2 is 1.97 bits per heavy atom. The summed E-state index contributed by atoms with van der Waals surface area (Å²) in [4.78, 5) is 36.1. The van der Waals surface area contributed by atoms with E-state index in [1.54, 1.807) is 37.3 Å². The predicted molar refractivity (Wildman–Crippen MR) is 121 cm³/mol. The van der Waals surface area contributed by atoms with Crippen LogP contribution in [0.15, 0.2) is 45.6 Å². The number of hydrogen-bond donors (Lipinski definition) is 1. The largest absolute Gasteiger partial charge is 0.487 e. The number of anilines is 1. The third kappa shape index (κ3) is 4.37. The molecule has 0 aliphatic carbocycles. The molecule has 1 aromatic heterocycles. The Morgan fingerprint density at radius 3 is 2.72 bits per heavy atom. The lowest BCUT2D eigenvalue weighted by molar-refractivity contribution is -0.118. The second-order valence-electron chi connectivity index (χ2n) is 8.64. The summed E-state index contributed by atoms with van der Waals surface area (Å²) in [6.07, 6.45) is 1.49. The second kappa shape index (κ2) is 8.15. The van der Waals surface area contributed by atoms with Crippen molar-refractivity contribution in [2.45, 2.75) is 46.1 Å². The van der Waals surface area contributed by atoms with Gasteiger partial charge in [-0.25, -0.2) is 4.79 Å². The number of hydrogen-bond acceptors (Lipinski definition) is 6. The number of carbonyl (C=O) groups excluding carboxylic acids is 2. The first-order valence-electron chi connectivity index (χ1n) is 10.5. The van der Waals surface area contributed by atoms with Gasteiger partial charge < -0.3 is 19.2 Å². The van der Waals surface area contributed by atoms with Crippen molar-refractivity contribution in [1.29, 1.82) is 0 Å². The Balaban J connectivity index is 1.63. The number of ether oxygens (including phenoxy) is 2. The molecule has 1 aliphatic heterocycles. The minimum atomic E-state index is -0.442. The molecule has 0 unspecified atom stereocenters. The molecule has 1 amide bonds. The summed E-state index contributed by atoms with van der Waals surface area (Å²) in [5, 5.41) is 3.38. The van der Waals surface area contributed by atoms with Crippen LogP contribution in [-0.4, -0.2) is 23.9 Å². The molecule has 1 N–H and O–H groups in total. The highest BCUT2D eigenvalue weighted by Gasteiger charge is 2.30. The summed E-state index contributed by atoms with van der Waals surface area (Å²) < 4.78 is 17.5. The van der Waals surface area contributed by atoms with E-state index >= 15 is 0 Å². The lowest BCUT2D eigenvalue weighted by Gasteiger charge is -2.33. The molecule has 0 spiro atoms. The van der Waals surface area contributed by atoms with Gasteiger partial charge in [-0.05, 0) is 58.2 Å². The standard InChI is InChI=1S/C25H25NO6/c1-14-10-22(29)31-24-18-8-9-25(3,4)32-19(18)12-20(23(14)24)30-13-21(28)26-17-7-5-6-16(11-17)15(2)27/h5-7,10-12H,8-9,13H2,1-4H3,(H,26,28). The third-order valence-corrected chi connectivity index (χ3v) is 5.51. The molecule has 7 nitrogen and oxygen atoms in total. The minimum absolute atomic E-state index is 0.0854. The molecule has 0 bridgehead atoms. The number of carbonyl (C=O) groups is 2. The van der Waals surface area contributed by atoms with Gasteiger partial charge in [-0.1, -0.05) is 12.1 Å². The highest BCUT2D eigenvalue weighted by Crippen LogP contribution is 2.42. The summed E-state index contributed by atoms with van der Waals surface area (Å²) in [6.45, 7) is 7.00. The lowest BCUT2D eigenvalue weighted by Crippen LogP contribution is -2.32. The van der Waals surface area contributed by atoms with E-state index in [2.05, 4.69) is 5.32 Å². The molecule has 7 heteroatoms. The number of aryl methyl sites for hydroxylation is 2. The molecule has 0 atom stereocenters. The number of nitrogens with one attached hydrogen (secondary N) is 1. The first-order valence-corrected chi connectivity index (χ1v) is 10.5. The van der Waals surface area contributed by atoms with Crippen molar-refractivity contribution in [3.63, 3.8) is 0 Å². The number of Topliss-reactive ketones (excluding diaryl/α,β-unsaturated/α-hetero) is 1. The van der Waals surface area contributed by atoms with E-state index in [0.29, 0.717) is 45.7 Å². The molecular formula is C25H25NO6. The molecule has 0 saturated heterocycles. The normalized spacial score (nSPS) is 14.4. The summed E-state index contributed by atoms with van der Waals surface area (Å²) in [6, 6.07) is 9.87. The number of benzene rings is 2. The van der Waals surface area contributed by atoms with Gasteiger partial charge in [0.15, 0.2) is 12.4 Å². The van der Waals surface area contributed by atoms with Crippen molar-refractivity contribution in [2.24, 2.45) is 0 Å². The van der Waals surface area contributed by atoms with Crippen molar-refractivity contribution in [3.05, 3.63) is 63.5 Å². The highest BCUT2D eigenvalue weighted by atomic mass is 16.5. The monoisotopic (exact) mass is 435 g/mol. The third-order valence-electron chi connectivity index (χ3n) is 5.51. The molecular weight excluding hydrogens is 410 g/mol. The fraction of sp³-hybridized carbons (Fsp3) is 0.320. The Morgan fingerprint density at radius 1 is 1.19 bits per heavy atom. The van der Waals surface area contributed by atoms with Crippen molar-refractivity contribution in [2.75, 3.05) is 11.9 Å². The molecule has 0 fully saturated rings. The van der Waals surface area contributed by atoms with Crippen molar-refractivity contribution in [1.82, 2.24) is 0 Å². The average molecular weight is 435 g/mol. The summed E-state index contributed by atoms with van der Waals surface area (Å²) in [7, 11) is 0. The van der Waals surface area contributed by atoms with Crippen LogP contribution in [0, 0.1) is 6.92 Å². The van der Waals surface area contributed by atoms with Crippen LogP contribution in [0.3, 0.4) is 0 Å². The van der Waals surface area contributed by atoms with Gasteiger partial charge in [0.25, 0.3) is 5.91 Å². The Hall–Kier alpha value is -3.61. The minimum Gasteiger partial charge on any atom is -0.487 e. The lowest BCUT2D eigenvalue weighted by atomic mass is 9.92. The molecule has 3 aromatic rings. The van der Waals surface area contributed by atoms with Crippen LogP contribution >= 0.6 is 0 Å². The zero-order valence-electron chi connectivity index (χ0n) is 18.5. The Kier molecular flexibility index (Phi) is 5.50.